The number of fused-ring (bicyclic) bond motifs is 1. The lowest BCUT2D eigenvalue weighted by molar-refractivity contribution is -0.124. The van der Waals surface area contributed by atoms with E-state index in [0.29, 0.717) is 29.3 Å². The van der Waals surface area contributed by atoms with Crippen LogP contribution in [0.3, 0.4) is 0 Å². The van der Waals surface area contributed by atoms with Crippen molar-refractivity contribution in [1.29, 1.82) is 5.26 Å². The van der Waals surface area contributed by atoms with E-state index in [1.165, 1.54) is 6.33 Å². The molecule has 2 aromatic heterocycles. The molecular formula is C19H28N8O2. The number of morpholine rings is 1. The minimum absolute atomic E-state index is 0.0244. The molecule has 1 saturated heterocycles. The van der Waals surface area contributed by atoms with Gasteiger partial charge in [-0.15, -0.1) is 0 Å². The highest BCUT2D eigenvalue weighted by molar-refractivity contribution is 5.86. The van der Waals surface area contributed by atoms with Gasteiger partial charge in [0, 0.05) is 26.2 Å². The van der Waals surface area contributed by atoms with Gasteiger partial charge in [-0.2, -0.15) is 5.26 Å². The highest BCUT2D eigenvalue weighted by atomic mass is 16.5. The SMILES string of the molecule is CC(C)CC(C(=O)NCC#N)n1cnc2c(NCCN3CCOCC3)ncnc21. The maximum absolute atomic E-state index is 12.6. The van der Waals surface area contributed by atoms with Gasteiger partial charge >= 0.3 is 0 Å². The zero-order chi connectivity index (χ0) is 20.6. The predicted molar refractivity (Wildman–Crippen MR) is 108 cm³/mol. The lowest BCUT2D eigenvalue weighted by Gasteiger charge is -2.26. The minimum Gasteiger partial charge on any atom is -0.379 e. The van der Waals surface area contributed by atoms with E-state index in [9.17, 15) is 4.79 Å². The van der Waals surface area contributed by atoms with Crippen LogP contribution in [0.25, 0.3) is 11.2 Å². The van der Waals surface area contributed by atoms with Crippen LogP contribution in [0.1, 0.15) is 26.3 Å². The summed E-state index contributed by atoms with van der Waals surface area (Å²) in [5, 5.41) is 14.8. The summed E-state index contributed by atoms with van der Waals surface area (Å²) in [5.74, 6) is 0.737. The lowest BCUT2D eigenvalue weighted by Crippen LogP contribution is -2.39. The lowest BCUT2D eigenvalue weighted by atomic mass is 10.0. The number of anilines is 1. The molecule has 0 aliphatic carbocycles. The van der Waals surface area contributed by atoms with Crippen molar-refractivity contribution in [2.75, 3.05) is 51.3 Å². The van der Waals surface area contributed by atoms with E-state index in [1.54, 1.807) is 10.9 Å². The summed E-state index contributed by atoms with van der Waals surface area (Å²) in [7, 11) is 0. The summed E-state index contributed by atoms with van der Waals surface area (Å²) in [5.41, 5.74) is 1.24. The van der Waals surface area contributed by atoms with Crippen molar-refractivity contribution >= 4 is 22.9 Å². The molecule has 0 saturated carbocycles. The number of imidazole rings is 1. The molecule has 1 unspecified atom stereocenters. The van der Waals surface area contributed by atoms with Gasteiger partial charge < -0.3 is 19.9 Å². The van der Waals surface area contributed by atoms with Crippen LogP contribution in [0.5, 0.6) is 0 Å². The van der Waals surface area contributed by atoms with E-state index in [4.69, 9.17) is 10.00 Å². The van der Waals surface area contributed by atoms with E-state index in [-0.39, 0.29) is 12.5 Å². The van der Waals surface area contributed by atoms with Crippen LogP contribution in [0.15, 0.2) is 12.7 Å². The zero-order valence-electron chi connectivity index (χ0n) is 17.0. The van der Waals surface area contributed by atoms with Crippen molar-refractivity contribution in [3.63, 3.8) is 0 Å². The number of rotatable bonds is 9. The Hall–Kier alpha value is -2.77. The standard InChI is InChI=1S/C19H28N8O2/c1-14(2)11-15(19(28)22-4-3-20)27-13-25-16-17(23-12-24-18(16)27)21-5-6-26-7-9-29-10-8-26/h12-15H,4-11H2,1-2H3,(H,22,28)(H,21,23,24). The van der Waals surface area contributed by atoms with Crippen molar-refractivity contribution in [1.82, 2.24) is 29.7 Å². The molecule has 1 amide bonds. The fourth-order valence-corrected chi connectivity index (χ4v) is 3.40. The van der Waals surface area contributed by atoms with Crippen LogP contribution < -0.4 is 10.6 Å². The first-order chi connectivity index (χ1) is 14.1. The molecule has 1 atom stereocenters. The summed E-state index contributed by atoms with van der Waals surface area (Å²) in [4.78, 5) is 28.1. The van der Waals surface area contributed by atoms with Gasteiger partial charge in [0.05, 0.1) is 25.6 Å². The second-order valence-corrected chi connectivity index (χ2v) is 7.45. The third kappa shape index (κ3) is 5.40. The Morgan fingerprint density at radius 2 is 2.10 bits per heavy atom. The van der Waals surface area contributed by atoms with Crippen LogP contribution in [-0.2, 0) is 9.53 Å². The van der Waals surface area contributed by atoms with Gasteiger partial charge in [0.15, 0.2) is 11.5 Å². The van der Waals surface area contributed by atoms with Crippen LogP contribution in [0, 0.1) is 17.2 Å². The number of carbonyl (C=O) groups is 1. The zero-order valence-corrected chi connectivity index (χ0v) is 17.0. The molecule has 0 bridgehead atoms. The second kappa shape index (κ2) is 10.1. The number of carbonyl (C=O) groups excluding carboxylic acids is 1. The Kier molecular flexibility index (Phi) is 7.32. The monoisotopic (exact) mass is 400 g/mol. The first-order valence-corrected chi connectivity index (χ1v) is 9.96. The van der Waals surface area contributed by atoms with Crippen LogP contribution in [0.4, 0.5) is 5.82 Å². The topological polar surface area (TPSA) is 121 Å². The molecule has 1 fully saturated rings. The molecule has 156 valence electrons. The molecular weight excluding hydrogens is 372 g/mol. The van der Waals surface area contributed by atoms with Gasteiger partial charge in [0.25, 0.3) is 0 Å². The number of hydrogen-bond donors (Lipinski definition) is 2. The van der Waals surface area contributed by atoms with Gasteiger partial charge in [-0.3, -0.25) is 9.69 Å². The fourth-order valence-electron chi connectivity index (χ4n) is 3.40. The van der Waals surface area contributed by atoms with E-state index < -0.39 is 6.04 Å². The number of ether oxygens (including phenoxy) is 1. The van der Waals surface area contributed by atoms with E-state index in [1.807, 2.05) is 6.07 Å². The van der Waals surface area contributed by atoms with Crippen LogP contribution >= 0.6 is 0 Å². The quantitative estimate of drug-likeness (QED) is 0.593. The van der Waals surface area contributed by atoms with Crippen LogP contribution in [0.2, 0.25) is 0 Å². The third-order valence-corrected chi connectivity index (χ3v) is 4.86. The van der Waals surface area contributed by atoms with Crippen molar-refractivity contribution in [3.05, 3.63) is 12.7 Å². The molecule has 2 aromatic rings. The maximum Gasteiger partial charge on any atom is 0.244 e. The molecule has 1 aliphatic rings. The Labute approximate surface area is 170 Å². The first kappa shape index (κ1) is 21.0. The highest BCUT2D eigenvalue weighted by Crippen LogP contribution is 2.25. The van der Waals surface area contributed by atoms with Gasteiger partial charge in [0.2, 0.25) is 5.91 Å². The fraction of sp³-hybridized carbons (Fsp3) is 0.632. The molecule has 10 nitrogen and oxygen atoms in total. The van der Waals surface area contributed by atoms with Crippen molar-refractivity contribution in [3.8, 4) is 6.07 Å². The summed E-state index contributed by atoms with van der Waals surface area (Å²) in [6, 6.07) is 1.46. The minimum atomic E-state index is -0.482. The Bertz CT molecular complexity index is 854. The molecule has 3 heterocycles. The number of nitrogens with zero attached hydrogens (tertiary/aromatic N) is 6. The molecule has 29 heavy (non-hydrogen) atoms. The maximum atomic E-state index is 12.6. The molecule has 1 aliphatic heterocycles. The molecule has 10 heteroatoms. The molecule has 0 spiro atoms. The third-order valence-electron chi connectivity index (χ3n) is 4.86. The average Bonchev–Trinajstić information content (AvgIpc) is 3.15. The van der Waals surface area contributed by atoms with Gasteiger partial charge in [0.1, 0.15) is 24.4 Å². The van der Waals surface area contributed by atoms with E-state index in [0.717, 1.165) is 39.4 Å². The predicted octanol–water partition coefficient (Wildman–Crippen LogP) is 0.797. The second-order valence-electron chi connectivity index (χ2n) is 7.45. The smallest absolute Gasteiger partial charge is 0.244 e. The van der Waals surface area contributed by atoms with Gasteiger partial charge in [-0.1, -0.05) is 13.8 Å². The summed E-state index contributed by atoms with van der Waals surface area (Å²) in [6.07, 6.45) is 3.73. The number of amides is 1. The summed E-state index contributed by atoms with van der Waals surface area (Å²) >= 11 is 0. The van der Waals surface area contributed by atoms with Gasteiger partial charge in [-0.25, -0.2) is 15.0 Å². The Balaban J connectivity index is 1.76. The highest BCUT2D eigenvalue weighted by Gasteiger charge is 2.24. The number of nitriles is 1. The molecule has 0 radical (unpaired) electrons. The first-order valence-electron chi connectivity index (χ1n) is 9.96. The van der Waals surface area contributed by atoms with E-state index >= 15 is 0 Å². The van der Waals surface area contributed by atoms with Crippen molar-refractivity contribution in [2.45, 2.75) is 26.3 Å². The largest absolute Gasteiger partial charge is 0.379 e. The summed E-state index contributed by atoms with van der Waals surface area (Å²) in [6.45, 7) is 9.12. The van der Waals surface area contributed by atoms with Crippen molar-refractivity contribution in [2.24, 2.45) is 5.92 Å². The normalized spacial score (nSPS) is 15.9. The molecule has 0 aromatic carbocycles. The van der Waals surface area contributed by atoms with Crippen LogP contribution in [-0.4, -0.2) is 76.3 Å². The van der Waals surface area contributed by atoms with E-state index in [2.05, 4.69) is 44.3 Å². The Morgan fingerprint density at radius 3 is 2.83 bits per heavy atom. The summed E-state index contributed by atoms with van der Waals surface area (Å²) < 4.78 is 7.15. The van der Waals surface area contributed by atoms with Crippen molar-refractivity contribution < 1.29 is 9.53 Å². The number of aromatic nitrogens is 4. The average molecular weight is 400 g/mol. The number of hydrogen-bond acceptors (Lipinski definition) is 8. The number of nitrogens with one attached hydrogen (secondary N) is 2. The molecule has 2 N–H and O–H groups in total. The molecule has 3 rings (SSSR count). The Morgan fingerprint density at radius 1 is 1.31 bits per heavy atom. The van der Waals surface area contributed by atoms with Gasteiger partial charge in [-0.05, 0) is 12.3 Å².